The highest BCUT2D eigenvalue weighted by Crippen LogP contribution is 2.31. The quantitative estimate of drug-likeness (QED) is 0.282. The van der Waals surface area contributed by atoms with Crippen LogP contribution in [0.1, 0.15) is 61.6 Å². The van der Waals surface area contributed by atoms with Crippen LogP contribution < -0.4 is 5.32 Å². The normalized spacial score (nSPS) is 17.6. The van der Waals surface area contributed by atoms with Crippen LogP contribution in [0.3, 0.4) is 0 Å². The third-order valence-electron chi connectivity index (χ3n) is 5.84. The van der Waals surface area contributed by atoms with Gasteiger partial charge in [0.25, 0.3) is 5.91 Å². The highest BCUT2D eigenvalue weighted by atomic mass is 16.6. The molecule has 3 heterocycles. The smallest absolute Gasteiger partial charge is 0.308 e. The highest BCUT2D eigenvalue weighted by molar-refractivity contribution is 6.05. The van der Waals surface area contributed by atoms with Crippen molar-refractivity contribution in [3.05, 3.63) is 41.2 Å². The summed E-state index contributed by atoms with van der Waals surface area (Å²) < 4.78 is 17.8. The molecule has 1 atom stereocenters. The number of nitrogens with zero attached hydrogens (tertiary/aromatic N) is 4. The Morgan fingerprint density at radius 2 is 1.92 bits per heavy atom. The molecular formula is C25H31N5O7. The Kier molecular flexibility index (Phi) is 7.98. The number of hydrogen-bond donors (Lipinski definition) is 1. The van der Waals surface area contributed by atoms with E-state index in [0.717, 1.165) is 5.56 Å². The van der Waals surface area contributed by atoms with Crippen LogP contribution in [0.5, 0.6) is 0 Å². The first-order valence-corrected chi connectivity index (χ1v) is 12.2. The number of ether oxygens (including phenoxy) is 3. The van der Waals surface area contributed by atoms with E-state index in [0.29, 0.717) is 36.6 Å². The number of benzene rings is 1. The topological polar surface area (TPSA) is 142 Å². The summed E-state index contributed by atoms with van der Waals surface area (Å²) in [6.07, 6.45) is 2.40. The van der Waals surface area contributed by atoms with Gasteiger partial charge in [-0.05, 0) is 39.3 Å². The van der Waals surface area contributed by atoms with E-state index in [-0.39, 0.29) is 50.4 Å². The van der Waals surface area contributed by atoms with Crippen molar-refractivity contribution in [1.29, 1.82) is 0 Å². The van der Waals surface area contributed by atoms with Crippen molar-refractivity contribution in [2.24, 2.45) is 0 Å². The fourth-order valence-corrected chi connectivity index (χ4v) is 4.21. The lowest BCUT2D eigenvalue weighted by Crippen LogP contribution is -2.52. The standard InChI is InChI=1S/C25H31N5O7/c1-25(2,3)37-22(32)9-10-35-11-12-36-15-16-13-30(28-27-16)19-6-4-5-17-18(19)14-29(24(17)34)20-7-8-21(31)26-23(20)33/h4-6,13,20H,7-12,14-15H2,1-3H3,(H,26,31,33). The molecule has 12 heteroatoms. The summed E-state index contributed by atoms with van der Waals surface area (Å²) in [4.78, 5) is 50.0. The van der Waals surface area contributed by atoms with Crippen LogP contribution in [0.15, 0.2) is 24.4 Å². The van der Waals surface area contributed by atoms with E-state index in [1.165, 1.54) is 4.90 Å². The lowest BCUT2D eigenvalue weighted by Gasteiger charge is -2.29. The predicted molar refractivity (Wildman–Crippen MR) is 128 cm³/mol. The Hall–Kier alpha value is -3.64. The molecule has 1 unspecified atom stereocenters. The third kappa shape index (κ3) is 6.57. The van der Waals surface area contributed by atoms with Crippen LogP contribution in [0.4, 0.5) is 0 Å². The maximum atomic E-state index is 13.0. The van der Waals surface area contributed by atoms with Gasteiger partial charge in [0.15, 0.2) is 0 Å². The minimum Gasteiger partial charge on any atom is -0.460 e. The summed E-state index contributed by atoms with van der Waals surface area (Å²) >= 11 is 0. The average Bonchev–Trinajstić information content (AvgIpc) is 3.42. The average molecular weight is 514 g/mol. The lowest BCUT2D eigenvalue weighted by molar-refractivity contribution is -0.156. The molecule has 4 rings (SSSR count). The van der Waals surface area contributed by atoms with E-state index >= 15 is 0 Å². The van der Waals surface area contributed by atoms with Crippen molar-refractivity contribution in [3.63, 3.8) is 0 Å². The van der Waals surface area contributed by atoms with E-state index in [1.807, 2.05) is 26.8 Å². The summed E-state index contributed by atoms with van der Waals surface area (Å²) in [6, 6.07) is 4.62. The lowest BCUT2D eigenvalue weighted by atomic mass is 10.0. The van der Waals surface area contributed by atoms with Crippen molar-refractivity contribution in [2.45, 2.75) is 64.8 Å². The summed E-state index contributed by atoms with van der Waals surface area (Å²) in [5, 5.41) is 10.6. The highest BCUT2D eigenvalue weighted by Gasteiger charge is 2.40. The molecule has 1 aromatic carbocycles. The molecule has 1 aromatic heterocycles. The number of aromatic nitrogens is 3. The SMILES string of the molecule is CC(C)(C)OC(=O)CCOCCOCc1cn(-c2cccc3c2CN(C2CCC(=O)NC2=O)C3=O)nn1. The van der Waals surface area contributed by atoms with Gasteiger partial charge in [0.05, 0.1) is 44.7 Å². The van der Waals surface area contributed by atoms with Gasteiger partial charge in [-0.2, -0.15) is 0 Å². The molecule has 2 aromatic rings. The number of piperidine rings is 1. The summed E-state index contributed by atoms with van der Waals surface area (Å²) in [7, 11) is 0. The summed E-state index contributed by atoms with van der Waals surface area (Å²) in [5.41, 5.74) is 2.01. The van der Waals surface area contributed by atoms with E-state index in [2.05, 4.69) is 15.6 Å². The molecule has 2 aliphatic heterocycles. The zero-order valence-corrected chi connectivity index (χ0v) is 21.2. The summed E-state index contributed by atoms with van der Waals surface area (Å²) in [5.74, 6) is -1.33. The Labute approximate surface area is 214 Å². The number of imide groups is 1. The molecule has 1 saturated heterocycles. The minimum absolute atomic E-state index is 0.177. The molecule has 1 N–H and O–H groups in total. The van der Waals surface area contributed by atoms with Crippen LogP contribution >= 0.6 is 0 Å². The number of rotatable bonds is 10. The number of nitrogens with one attached hydrogen (secondary N) is 1. The largest absolute Gasteiger partial charge is 0.460 e. The van der Waals surface area contributed by atoms with Gasteiger partial charge in [-0.15, -0.1) is 5.10 Å². The summed E-state index contributed by atoms with van der Waals surface area (Å²) in [6.45, 7) is 6.79. The molecule has 0 saturated carbocycles. The number of amides is 3. The van der Waals surface area contributed by atoms with Crippen LogP contribution in [-0.2, 0) is 41.7 Å². The fourth-order valence-electron chi connectivity index (χ4n) is 4.21. The Morgan fingerprint density at radius 3 is 2.68 bits per heavy atom. The number of carbonyl (C=O) groups is 4. The molecule has 3 amide bonds. The zero-order chi connectivity index (χ0) is 26.6. The van der Waals surface area contributed by atoms with Crippen LogP contribution in [-0.4, -0.2) is 75.0 Å². The van der Waals surface area contributed by atoms with Crippen LogP contribution in [0, 0.1) is 0 Å². The molecular weight excluding hydrogens is 482 g/mol. The van der Waals surface area contributed by atoms with Gasteiger partial charge in [0, 0.05) is 24.1 Å². The van der Waals surface area contributed by atoms with Crippen LogP contribution in [0.25, 0.3) is 5.69 Å². The molecule has 2 aliphatic rings. The van der Waals surface area contributed by atoms with Crippen molar-refractivity contribution < 1.29 is 33.4 Å². The first-order valence-electron chi connectivity index (χ1n) is 12.2. The Balaban J connectivity index is 1.27. The molecule has 198 valence electrons. The van der Waals surface area contributed by atoms with Gasteiger partial charge < -0.3 is 19.1 Å². The fraction of sp³-hybridized carbons (Fsp3) is 0.520. The van der Waals surface area contributed by atoms with E-state index < -0.39 is 17.6 Å². The first-order chi connectivity index (χ1) is 17.6. The van der Waals surface area contributed by atoms with Crippen LogP contribution in [0.2, 0.25) is 0 Å². The molecule has 12 nitrogen and oxygen atoms in total. The third-order valence-corrected chi connectivity index (χ3v) is 5.84. The van der Waals surface area contributed by atoms with Gasteiger partial charge >= 0.3 is 5.97 Å². The Morgan fingerprint density at radius 1 is 1.14 bits per heavy atom. The molecule has 0 radical (unpaired) electrons. The molecule has 0 spiro atoms. The number of fused-ring (bicyclic) bond motifs is 1. The number of carbonyl (C=O) groups excluding carboxylic acids is 4. The van der Waals surface area contributed by atoms with Crippen molar-refractivity contribution in [1.82, 2.24) is 25.2 Å². The van der Waals surface area contributed by atoms with Gasteiger partial charge in [-0.1, -0.05) is 11.3 Å². The molecule has 37 heavy (non-hydrogen) atoms. The van der Waals surface area contributed by atoms with E-state index in [4.69, 9.17) is 14.2 Å². The first kappa shape index (κ1) is 26.4. The molecule has 0 bridgehead atoms. The maximum Gasteiger partial charge on any atom is 0.308 e. The van der Waals surface area contributed by atoms with E-state index in [9.17, 15) is 19.2 Å². The molecule has 1 fully saturated rings. The second-order valence-corrected chi connectivity index (χ2v) is 9.86. The molecule has 0 aliphatic carbocycles. The van der Waals surface area contributed by atoms with E-state index in [1.54, 1.807) is 23.0 Å². The van der Waals surface area contributed by atoms with Crippen molar-refractivity contribution >= 4 is 23.7 Å². The number of esters is 1. The van der Waals surface area contributed by atoms with Crippen molar-refractivity contribution in [2.75, 3.05) is 19.8 Å². The second kappa shape index (κ2) is 11.2. The Bertz CT molecular complexity index is 1190. The monoisotopic (exact) mass is 513 g/mol. The minimum atomic E-state index is -0.684. The second-order valence-electron chi connectivity index (χ2n) is 9.86. The van der Waals surface area contributed by atoms with Gasteiger partial charge in [-0.3, -0.25) is 24.5 Å². The van der Waals surface area contributed by atoms with Gasteiger partial charge in [0.1, 0.15) is 17.3 Å². The number of hydrogen-bond acceptors (Lipinski definition) is 9. The van der Waals surface area contributed by atoms with Gasteiger partial charge in [0.2, 0.25) is 11.8 Å². The predicted octanol–water partition coefficient (Wildman–Crippen LogP) is 1.29. The zero-order valence-electron chi connectivity index (χ0n) is 21.2. The van der Waals surface area contributed by atoms with Crippen molar-refractivity contribution in [3.8, 4) is 5.69 Å². The van der Waals surface area contributed by atoms with Gasteiger partial charge in [-0.25, -0.2) is 4.68 Å². The maximum absolute atomic E-state index is 13.0.